The molecule has 2 rings (SSSR count). The molecule has 0 saturated heterocycles. The molecular formula is C12H12N4O3S. The number of esters is 1. The van der Waals surface area contributed by atoms with Crippen LogP contribution >= 0.6 is 11.3 Å². The number of carbonyl (C=O) groups excluding carboxylic acids is 2. The van der Waals surface area contributed by atoms with E-state index in [9.17, 15) is 9.59 Å². The van der Waals surface area contributed by atoms with Crippen LogP contribution in [-0.2, 0) is 16.0 Å². The molecule has 0 aliphatic heterocycles. The number of hydrogen-bond donors (Lipinski definition) is 1. The summed E-state index contributed by atoms with van der Waals surface area (Å²) in [4.78, 5) is 35.1. The van der Waals surface area contributed by atoms with Crippen LogP contribution in [0.4, 0.5) is 5.13 Å². The molecule has 0 aliphatic rings. The Morgan fingerprint density at radius 3 is 2.80 bits per heavy atom. The van der Waals surface area contributed by atoms with E-state index in [-0.39, 0.29) is 18.1 Å². The Labute approximate surface area is 119 Å². The average molecular weight is 292 g/mol. The number of nitrogens with zero attached hydrogens (tertiary/aromatic N) is 3. The second kappa shape index (κ2) is 6.20. The molecule has 2 aromatic rings. The van der Waals surface area contributed by atoms with Crippen LogP contribution in [0, 0.1) is 6.92 Å². The smallest absolute Gasteiger partial charge is 0.311 e. The molecule has 20 heavy (non-hydrogen) atoms. The largest absolute Gasteiger partial charge is 0.469 e. The van der Waals surface area contributed by atoms with E-state index >= 15 is 0 Å². The summed E-state index contributed by atoms with van der Waals surface area (Å²) in [5.41, 5.74) is 1.49. The lowest BCUT2D eigenvalue weighted by Gasteiger charge is -2.00. The molecule has 0 fully saturated rings. The van der Waals surface area contributed by atoms with Crippen molar-refractivity contribution in [1.82, 2.24) is 15.0 Å². The predicted octanol–water partition coefficient (Wildman–Crippen LogP) is 1.21. The standard InChI is InChI=1S/C12H12N4O3S/c1-7-4-14-9(5-13-7)11(18)16-12-15-8(6-20-12)3-10(17)19-2/h4-6H,3H2,1-2H3,(H,15,16,18). The lowest BCUT2D eigenvalue weighted by molar-refractivity contribution is -0.139. The molecule has 0 unspecified atom stereocenters. The highest BCUT2D eigenvalue weighted by Crippen LogP contribution is 2.16. The van der Waals surface area contributed by atoms with Crippen molar-refractivity contribution >= 4 is 28.3 Å². The number of nitrogens with one attached hydrogen (secondary N) is 1. The molecule has 104 valence electrons. The summed E-state index contributed by atoms with van der Waals surface area (Å²) in [5.74, 6) is -0.769. The van der Waals surface area contributed by atoms with E-state index in [1.807, 2.05) is 0 Å². The monoisotopic (exact) mass is 292 g/mol. The topological polar surface area (TPSA) is 94.1 Å². The predicted molar refractivity (Wildman–Crippen MR) is 72.6 cm³/mol. The van der Waals surface area contributed by atoms with Crippen LogP contribution in [0.2, 0.25) is 0 Å². The minimum atomic E-state index is -0.392. The molecular weight excluding hydrogens is 280 g/mol. The van der Waals surface area contributed by atoms with Crippen molar-refractivity contribution in [2.75, 3.05) is 12.4 Å². The number of amides is 1. The van der Waals surface area contributed by atoms with Gasteiger partial charge in [0.2, 0.25) is 0 Å². The summed E-state index contributed by atoms with van der Waals surface area (Å²) in [7, 11) is 1.31. The molecule has 0 atom stereocenters. The molecule has 2 aromatic heterocycles. The van der Waals surface area contributed by atoms with Gasteiger partial charge in [-0.2, -0.15) is 0 Å². The minimum Gasteiger partial charge on any atom is -0.469 e. The van der Waals surface area contributed by atoms with E-state index < -0.39 is 5.91 Å². The maximum Gasteiger partial charge on any atom is 0.311 e. The van der Waals surface area contributed by atoms with Crippen molar-refractivity contribution in [1.29, 1.82) is 0 Å². The van der Waals surface area contributed by atoms with Gasteiger partial charge in [-0.05, 0) is 6.92 Å². The van der Waals surface area contributed by atoms with Crippen LogP contribution < -0.4 is 5.32 Å². The van der Waals surface area contributed by atoms with E-state index in [4.69, 9.17) is 0 Å². The molecule has 0 bridgehead atoms. The third-order valence-electron chi connectivity index (χ3n) is 2.34. The van der Waals surface area contributed by atoms with Crippen molar-refractivity contribution in [2.45, 2.75) is 13.3 Å². The van der Waals surface area contributed by atoms with Gasteiger partial charge >= 0.3 is 5.97 Å². The van der Waals surface area contributed by atoms with Crippen LogP contribution in [0.15, 0.2) is 17.8 Å². The Hall–Kier alpha value is -2.35. The normalized spacial score (nSPS) is 10.1. The van der Waals surface area contributed by atoms with Gasteiger partial charge in [0, 0.05) is 11.6 Å². The number of methoxy groups -OCH3 is 1. The maximum absolute atomic E-state index is 11.9. The molecule has 0 saturated carbocycles. The van der Waals surface area contributed by atoms with E-state index in [0.717, 1.165) is 5.69 Å². The van der Waals surface area contributed by atoms with Crippen LogP contribution in [0.3, 0.4) is 0 Å². The van der Waals surface area contributed by atoms with Crippen molar-refractivity contribution in [3.8, 4) is 0 Å². The van der Waals surface area contributed by atoms with E-state index in [1.54, 1.807) is 12.3 Å². The van der Waals surface area contributed by atoms with Crippen LogP contribution in [0.25, 0.3) is 0 Å². The molecule has 0 spiro atoms. The summed E-state index contributed by atoms with van der Waals surface area (Å²) in [6.45, 7) is 1.79. The third-order valence-corrected chi connectivity index (χ3v) is 3.15. The number of thiazole rings is 1. The second-order valence-electron chi connectivity index (χ2n) is 3.89. The summed E-state index contributed by atoms with van der Waals surface area (Å²) < 4.78 is 4.55. The quantitative estimate of drug-likeness (QED) is 0.851. The molecule has 8 heteroatoms. The molecule has 7 nitrogen and oxygen atoms in total. The first-order chi connectivity index (χ1) is 9.58. The summed E-state index contributed by atoms with van der Waals surface area (Å²) >= 11 is 1.23. The zero-order valence-electron chi connectivity index (χ0n) is 10.9. The van der Waals surface area contributed by atoms with Gasteiger partial charge in [0.15, 0.2) is 5.13 Å². The van der Waals surface area contributed by atoms with Crippen LogP contribution in [0.1, 0.15) is 21.9 Å². The highest BCUT2D eigenvalue weighted by atomic mass is 32.1. The molecule has 1 N–H and O–H groups in total. The summed E-state index contributed by atoms with van der Waals surface area (Å²) in [6, 6.07) is 0. The Balaban J connectivity index is 2.01. The fraction of sp³-hybridized carbons (Fsp3) is 0.250. The first-order valence-corrected chi connectivity index (χ1v) is 6.57. The first-order valence-electron chi connectivity index (χ1n) is 5.69. The van der Waals surface area contributed by atoms with Gasteiger partial charge < -0.3 is 4.74 Å². The Morgan fingerprint density at radius 2 is 2.15 bits per heavy atom. The molecule has 1 amide bonds. The van der Waals surface area contributed by atoms with Crippen molar-refractivity contribution in [3.05, 3.63) is 34.9 Å². The van der Waals surface area contributed by atoms with Gasteiger partial charge in [-0.15, -0.1) is 11.3 Å². The molecule has 0 aliphatic carbocycles. The lowest BCUT2D eigenvalue weighted by atomic mass is 10.3. The number of aryl methyl sites for hydroxylation is 1. The number of ether oxygens (including phenoxy) is 1. The number of rotatable bonds is 4. The number of anilines is 1. The molecule has 0 aromatic carbocycles. The van der Waals surface area contributed by atoms with E-state index in [1.165, 1.54) is 30.8 Å². The number of aromatic nitrogens is 3. The van der Waals surface area contributed by atoms with E-state index in [2.05, 4.69) is 25.0 Å². The van der Waals surface area contributed by atoms with Crippen molar-refractivity contribution in [3.63, 3.8) is 0 Å². The van der Waals surface area contributed by atoms with Gasteiger partial charge in [0.25, 0.3) is 5.91 Å². The first kappa shape index (κ1) is 14.1. The van der Waals surface area contributed by atoms with Crippen molar-refractivity contribution in [2.24, 2.45) is 0 Å². The Kier molecular flexibility index (Phi) is 4.36. The average Bonchev–Trinajstić information content (AvgIpc) is 2.86. The van der Waals surface area contributed by atoms with Crippen molar-refractivity contribution < 1.29 is 14.3 Å². The highest BCUT2D eigenvalue weighted by Gasteiger charge is 2.12. The van der Waals surface area contributed by atoms with Crippen LogP contribution in [-0.4, -0.2) is 33.9 Å². The summed E-state index contributed by atoms with van der Waals surface area (Å²) in [6.07, 6.45) is 2.99. The second-order valence-corrected chi connectivity index (χ2v) is 4.75. The summed E-state index contributed by atoms with van der Waals surface area (Å²) in [5, 5.41) is 4.69. The fourth-order valence-electron chi connectivity index (χ4n) is 1.34. The number of hydrogen-bond acceptors (Lipinski definition) is 7. The zero-order valence-corrected chi connectivity index (χ0v) is 11.7. The maximum atomic E-state index is 11.9. The zero-order chi connectivity index (χ0) is 14.5. The Morgan fingerprint density at radius 1 is 1.35 bits per heavy atom. The van der Waals surface area contributed by atoms with E-state index in [0.29, 0.717) is 10.8 Å². The van der Waals surface area contributed by atoms with Gasteiger partial charge in [-0.3, -0.25) is 19.9 Å². The number of carbonyl (C=O) groups is 2. The van der Waals surface area contributed by atoms with Gasteiger partial charge in [-0.25, -0.2) is 9.97 Å². The van der Waals surface area contributed by atoms with Crippen LogP contribution in [0.5, 0.6) is 0 Å². The minimum absolute atomic E-state index is 0.0766. The molecule has 0 radical (unpaired) electrons. The highest BCUT2D eigenvalue weighted by molar-refractivity contribution is 7.14. The Bertz CT molecular complexity index is 624. The lowest BCUT2D eigenvalue weighted by Crippen LogP contribution is -2.14. The van der Waals surface area contributed by atoms with Gasteiger partial charge in [0.05, 0.1) is 31.1 Å². The molecule has 2 heterocycles. The SMILES string of the molecule is COC(=O)Cc1csc(NC(=O)c2cnc(C)cn2)n1. The van der Waals surface area contributed by atoms with Gasteiger partial charge in [-0.1, -0.05) is 0 Å². The fourth-order valence-corrected chi connectivity index (χ4v) is 2.04. The van der Waals surface area contributed by atoms with Gasteiger partial charge in [0.1, 0.15) is 5.69 Å². The third kappa shape index (κ3) is 3.58.